The van der Waals surface area contributed by atoms with Crippen molar-refractivity contribution in [1.82, 2.24) is 5.32 Å². The first-order valence-corrected chi connectivity index (χ1v) is 7.94. The average molecular weight is 304 g/mol. The Morgan fingerprint density at radius 3 is 2.68 bits per heavy atom. The van der Waals surface area contributed by atoms with Crippen LogP contribution in [0.1, 0.15) is 49.4 Å². The maximum absolute atomic E-state index is 12.1. The summed E-state index contributed by atoms with van der Waals surface area (Å²) in [5.74, 6) is 0.0306. The highest BCUT2D eigenvalue weighted by Gasteiger charge is 2.19. The average Bonchev–Trinajstić information content (AvgIpc) is 2.53. The van der Waals surface area contributed by atoms with Crippen molar-refractivity contribution in [1.29, 1.82) is 0 Å². The summed E-state index contributed by atoms with van der Waals surface area (Å²) in [5, 5.41) is 11.7. The van der Waals surface area contributed by atoms with Crippen molar-refractivity contribution in [3.63, 3.8) is 0 Å². The van der Waals surface area contributed by atoms with Crippen molar-refractivity contribution >= 4 is 17.5 Å². The van der Waals surface area contributed by atoms with E-state index in [0.29, 0.717) is 18.4 Å². The minimum absolute atomic E-state index is 0.0306. The Hall–Kier alpha value is -1.88. The lowest BCUT2D eigenvalue weighted by Gasteiger charge is -2.26. The van der Waals surface area contributed by atoms with Crippen LogP contribution in [0.4, 0.5) is 5.69 Å². The van der Waals surface area contributed by atoms with E-state index in [1.165, 1.54) is 0 Å². The molecule has 0 aromatic heterocycles. The van der Waals surface area contributed by atoms with Gasteiger partial charge in [0.2, 0.25) is 5.91 Å². The van der Waals surface area contributed by atoms with E-state index in [-0.39, 0.29) is 24.5 Å². The van der Waals surface area contributed by atoms with Gasteiger partial charge >= 0.3 is 0 Å². The lowest BCUT2D eigenvalue weighted by molar-refractivity contribution is -0.119. The summed E-state index contributed by atoms with van der Waals surface area (Å²) >= 11 is 0. The van der Waals surface area contributed by atoms with Crippen LogP contribution < -0.4 is 10.2 Å². The number of nitrogens with zero attached hydrogens (tertiary/aromatic N) is 1. The first-order chi connectivity index (χ1) is 10.6. The molecule has 1 heterocycles. The normalized spacial score (nSPS) is 16.5. The number of nitrogens with one attached hydrogen (secondary N) is 1. The van der Waals surface area contributed by atoms with E-state index in [9.17, 15) is 9.59 Å². The minimum Gasteiger partial charge on any atom is -0.396 e. The van der Waals surface area contributed by atoms with Crippen LogP contribution in [-0.2, 0) is 4.79 Å². The summed E-state index contributed by atoms with van der Waals surface area (Å²) in [4.78, 5) is 25.8. The molecular formula is C17H24N2O3. The molecule has 0 radical (unpaired) electrons. The van der Waals surface area contributed by atoms with E-state index in [0.717, 1.165) is 31.5 Å². The van der Waals surface area contributed by atoms with E-state index in [2.05, 4.69) is 5.32 Å². The lowest BCUT2D eigenvalue weighted by Crippen LogP contribution is -2.35. The number of carbonyl (C=O) groups excluding carboxylic acids is 2. The van der Waals surface area contributed by atoms with Crippen LogP contribution >= 0.6 is 0 Å². The molecule has 5 heteroatoms. The second-order valence-electron chi connectivity index (χ2n) is 5.79. The first-order valence-electron chi connectivity index (χ1n) is 7.94. The number of carbonyl (C=O) groups is 2. The molecule has 2 rings (SSSR count). The summed E-state index contributed by atoms with van der Waals surface area (Å²) in [7, 11) is 0. The molecule has 120 valence electrons. The van der Waals surface area contributed by atoms with Gasteiger partial charge in [-0.2, -0.15) is 0 Å². The van der Waals surface area contributed by atoms with Crippen LogP contribution in [0.25, 0.3) is 0 Å². The Balaban J connectivity index is 1.96. The van der Waals surface area contributed by atoms with Gasteiger partial charge in [0.05, 0.1) is 0 Å². The molecule has 1 unspecified atom stereocenters. The molecule has 5 nitrogen and oxygen atoms in total. The van der Waals surface area contributed by atoms with E-state index < -0.39 is 0 Å². The molecule has 1 saturated heterocycles. The summed E-state index contributed by atoms with van der Waals surface area (Å²) in [6.07, 6.45) is 4.02. The maximum Gasteiger partial charge on any atom is 0.251 e. The highest BCUT2D eigenvalue weighted by molar-refractivity contribution is 5.97. The number of aliphatic hydroxyl groups excluding tert-OH is 1. The van der Waals surface area contributed by atoms with Crippen LogP contribution in [0.5, 0.6) is 0 Å². The standard InChI is InChI=1S/C17H24N2O3/c1-13(5-4-12-20)18-17(22)14-7-9-15(10-8-14)19-11-3-2-6-16(19)21/h7-10,13,20H,2-6,11-12H2,1H3,(H,18,22). The molecule has 1 aliphatic rings. The third kappa shape index (κ3) is 4.31. The maximum atomic E-state index is 12.1. The summed E-state index contributed by atoms with van der Waals surface area (Å²) < 4.78 is 0. The van der Waals surface area contributed by atoms with Gasteiger partial charge in [0.1, 0.15) is 0 Å². The molecular weight excluding hydrogens is 280 g/mol. The fourth-order valence-electron chi connectivity index (χ4n) is 2.65. The topological polar surface area (TPSA) is 69.6 Å². The largest absolute Gasteiger partial charge is 0.396 e. The number of hydrogen-bond acceptors (Lipinski definition) is 3. The second-order valence-corrected chi connectivity index (χ2v) is 5.79. The van der Waals surface area contributed by atoms with Crippen molar-refractivity contribution in [3.05, 3.63) is 29.8 Å². The predicted molar refractivity (Wildman–Crippen MR) is 85.9 cm³/mol. The van der Waals surface area contributed by atoms with Crippen LogP contribution in [0.3, 0.4) is 0 Å². The zero-order valence-corrected chi connectivity index (χ0v) is 13.0. The van der Waals surface area contributed by atoms with Crippen molar-refractivity contribution in [2.45, 2.75) is 45.1 Å². The molecule has 0 bridgehead atoms. The zero-order chi connectivity index (χ0) is 15.9. The fraction of sp³-hybridized carbons (Fsp3) is 0.529. The number of hydrogen-bond donors (Lipinski definition) is 2. The van der Waals surface area contributed by atoms with Crippen LogP contribution in [0, 0.1) is 0 Å². The summed E-state index contributed by atoms with van der Waals surface area (Å²) in [5.41, 5.74) is 1.44. The lowest BCUT2D eigenvalue weighted by atomic mass is 10.1. The van der Waals surface area contributed by atoms with Gasteiger partial charge in [-0.05, 0) is 56.9 Å². The molecule has 0 aliphatic carbocycles. The third-order valence-electron chi connectivity index (χ3n) is 3.94. The van der Waals surface area contributed by atoms with Crippen LogP contribution in [-0.4, -0.2) is 36.1 Å². The Bertz CT molecular complexity index is 513. The Kier molecular flexibility index (Phi) is 5.95. The minimum atomic E-state index is -0.123. The van der Waals surface area contributed by atoms with Gasteiger partial charge in [0.25, 0.3) is 5.91 Å². The molecule has 0 saturated carbocycles. The molecule has 22 heavy (non-hydrogen) atoms. The molecule has 2 amide bonds. The number of amides is 2. The highest BCUT2D eigenvalue weighted by atomic mass is 16.3. The molecule has 1 fully saturated rings. The van der Waals surface area contributed by atoms with E-state index >= 15 is 0 Å². The van der Waals surface area contributed by atoms with Crippen molar-refractivity contribution in [2.24, 2.45) is 0 Å². The van der Waals surface area contributed by atoms with E-state index in [1.807, 2.05) is 19.1 Å². The van der Waals surface area contributed by atoms with Gasteiger partial charge in [-0.25, -0.2) is 0 Å². The van der Waals surface area contributed by atoms with Gasteiger partial charge in [-0.3, -0.25) is 9.59 Å². The van der Waals surface area contributed by atoms with E-state index in [1.54, 1.807) is 17.0 Å². The Morgan fingerprint density at radius 2 is 2.05 bits per heavy atom. The number of rotatable bonds is 6. The SMILES string of the molecule is CC(CCCO)NC(=O)c1ccc(N2CCCCC2=O)cc1. The zero-order valence-electron chi connectivity index (χ0n) is 13.0. The number of aliphatic hydroxyl groups is 1. The molecule has 0 spiro atoms. The van der Waals surface area contributed by atoms with Crippen molar-refractivity contribution in [2.75, 3.05) is 18.1 Å². The van der Waals surface area contributed by atoms with Gasteiger partial charge in [0.15, 0.2) is 0 Å². The van der Waals surface area contributed by atoms with Gasteiger partial charge < -0.3 is 15.3 Å². The fourth-order valence-corrected chi connectivity index (χ4v) is 2.65. The van der Waals surface area contributed by atoms with Crippen molar-refractivity contribution in [3.8, 4) is 0 Å². The Morgan fingerprint density at radius 1 is 1.32 bits per heavy atom. The van der Waals surface area contributed by atoms with Gasteiger partial charge in [-0.1, -0.05) is 0 Å². The Labute approximate surface area is 131 Å². The molecule has 1 aromatic rings. The third-order valence-corrected chi connectivity index (χ3v) is 3.94. The van der Waals surface area contributed by atoms with E-state index in [4.69, 9.17) is 5.11 Å². The van der Waals surface area contributed by atoms with Gasteiger partial charge in [0, 0.05) is 36.9 Å². The molecule has 2 N–H and O–H groups in total. The molecule has 1 atom stereocenters. The number of benzene rings is 1. The summed E-state index contributed by atoms with van der Waals surface area (Å²) in [6, 6.07) is 7.20. The smallest absolute Gasteiger partial charge is 0.251 e. The first kappa shape index (κ1) is 16.5. The van der Waals surface area contributed by atoms with Crippen molar-refractivity contribution < 1.29 is 14.7 Å². The van der Waals surface area contributed by atoms with Gasteiger partial charge in [-0.15, -0.1) is 0 Å². The van der Waals surface area contributed by atoms with Crippen LogP contribution in [0.2, 0.25) is 0 Å². The predicted octanol–water partition coefficient (Wildman–Crippen LogP) is 2.09. The number of piperidine rings is 1. The quantitative estimate of drug-likeness (QED) is 0.845. The molecule has 1 aromatic carbocycles. The monoisotopic (exact) mass is 304 g/mol. The highest BCUT2D eigenvalue weighted by Crippen LogP contribution is 2.21. The molecule has 1 aliphatic heterocycles. The second kappa shape index (κ2) is 7.94. The summed E-state index contributed by atoms with van der Waals surface area (Å²) in [6.45, 7) is 2.82. The number of anilines is 1. The van der Waals surface area contributed by atoms with Crippen LogP contribution in [0.15, 0.2) is 24.3 Å².